The van der Waals surface area contributed by atoms with Crippen molar-refractivity contribution in [2.45, 2.75) is 9.79 Å². The fourth-order valence-electron chi connectivity index (χ4n) is 1.80. The minimum atomic E-state index is -3.63. The molecule has 0 saturated carbocycles. The summed E-state index contributed by atoms with van der Waals surface area (Å²) in [5.41, 5.74) is 0. The summed E-state index contributed by atoms with van der Waals surface area (Å²) in [7, 11) is -3.63. The second-order valence-electron chi connectivity index (χ2n) is 4.29. The highest BCUT2D eigenvalue weighted by Crippen LogP contribution is 2.24. The van der Waals surface area contributed by atoms with Gasteiger partial charge < -0.3 is 19.7 Å². The van der Waals surface area contributed by atoms with Crippen LogP contribution in [0.15, 0.2) is 58.3 Å². The Morgan fingerprint density at radius 3 is 1.64 bits per heavy atom. The van der Waals surface area contributed by atoms with Crippen molar-refractivity contribution in [3.63, 3.8) is 0 Å². The van der Waals surface area contributed by atoms with E-state index in [9.17, 15) is 8.42 Å². The van der Waals surface area contributed by atoms with Gasteiger partial charge in [0.15, 0.2) is 6.79 Å². The molecule has 0 heterocycles. The van der Waals surface area contributed by atoms with E-state index in [2.05, 4.69) is 0 Å². The number of benzene rings is 2. The summed E-state index contributed by atoms with van der Waals surface area (Å²) in [6.07, 6.45) is 0. The van der Waals surface area contributed by atoms with Gasteiger partial charge in [-0.25, -0.2) is 8.42 Å². The highest BCUT2D eigenvalue weighted by Gasteiger charge is 2.17. The lowest BCUT2D eigenvalue weighted by Crippen LogP contribution is -2.04. The number of ether oxygens (including phenoxy) is 2. The fourth-order valence-corrected chi connectivity index (χ4v) is 3.07. The zero-order valence-electron chi connectivity index (χ0n) is 11.7. The number of aliphatic hydroxyl groups excluding tert-OH is 2. The SMILES string of the molecule is O=S(=O)(c1ccc(OCO)cc1)c1ccc(OCCO)cc1. The molecule has 0 fully saturated rings. The molecule has 0 aliphatic carbocycles. The first-order chi connectivity index (χ1) is 10.6. The highest BCUT2D eigenvalue weighted by molar-refractivity contribution is 7.91. The van der Waals surface area contributed by atoms with Crippen LogP contribution >= 0.6 is 0 Å². The van der Waals surface area contributed by atoms with E-state index in [1.807, 2.05) is 0 Å². The van der Waals surface area contributed by atoms with E-state index < -0.39 is 16.6 Å². The van der Waals surface area contributed by atoms with Crippen molar-refractivity contribution in [1.82, 2.24) is 0 Å². The van der Waals surface area contributed by atoms with Gasteiger partial charge in [-0.15, -0.1) is 0 Å². The maximum absolute atomic E-state index is 12.5. The number of hydrogen-bond acceptors (Lipinski definition) is 6. The number of rotatable bonds is 7. The number of hydrogen-bond donors (Lipinski definition) is 2. The number of aliphatic hydroxyl groups is 2. The Balaban J connectivity index is 2.22. The molecule has 2 rings (SSSR count). The van der Waals surface area contributed by atoms with Crippen molar-refractivity contribution in [1.29, 1.82) is 0 Å². The van der Waals surface area contributed by atoms with Gasteiger partial charge in [0.2, 0.25) is 9.84 Å². The molecule has 0 saturated heterocycles. The molecule has 0 unspecified atom stereocenters. The lowest BCUT2D eigenvalue weighted by molar-refractivity contribution is 0.0985. The van der Waals surface area contributed by atoms with Gasteiger partial charge in [-0.05, 0) is 48.5 Å². The molecule has 0 radical (unpaired) electrons. The van der Waals surface area contributed by atoms with E-state index in [1.165, 1.54) is 48.5 Å². The third-order valence-corrected chi connectivity index (χ3v) is 4.64. The summed E-state index contributed by atoms with van der Waals surface area (Å²) >= 11 is 0. The second kappa shape index (κ2) is 7.26. The molecular weight excluding hydrogens is 308 g/mol. The summed E-state index contributed by atoms with van der Waals surface area (Å²) < 4.78 is 35.0. The topological polar surface area (TPSA) is 93.1 Å². The summed E-state index contributed by atoms with van der Waals surface area (Å²) in [6.45, 7) is -0.428. The maximum Gasteiger partial charge on any atom is 0.206 e. The van der Waals surface area contributed by atoms with Crippen LogP contribution in [0.1, 0.15) is 0 Å². The lowest BCUT2D eigenvalue weighted by atomic mass is 10.3. The predicted octanol–water partition coefficient (Wildman–Crippen LogP) is 1.22. The Morgan fingerprint density at radius 1 is 0.773 bits per heavy atom. The van der Waals surface area contributed by atoms with Gasteiger partial charge in [0.25, 0.3) is 0 Å². The maximum atomic E-state index is 12.5. The Morgan fingerprint density at radius 2 is 1.23 bits per heavy atom. The van der Waals surface area contributed by atoms with Gasteiger partial charge in [0.05, 0.1) is 16.4 Å². The molecular formula is C15H16O6S. The molecule has 0 atom stereocenters. The van der Waals surface area contributed by atoms with E-state index >= 15 is 0 Å². The number of sulfone groups is 1. The van der Waals surface area contributed by atoms with Gasteiger partial charge in [-0.1, -0.05) is 0 Å². The van der Waals surface area contributed by atoms with Crippen molar-refractivity contribution in [2.75, 3.05) is 20.0 Å². The Labute approximate surface area is 128 Å². The van der Waals surface area contributed by atoms with Gasteiger partial charge in [0.1, 0.15) is 18.1 Å². The second-order valence-corrected chi connectivity index (χ2v) is 6.24. The van der Waals surface area contributed by atoms with Crippen LogP contribution in [0, 0.1) is 0 Å². The Bertz CT molecular complexity index is 692. The van der Waals surface area contributed by atoms with Gasteiger partial charge in [-0.3, -0.25) is 0 Å². The van der Waals surface area contributed by atoms with Crippen LogP contribution in [-0.4, -0.2) is 38.6 Å². The summed E-state index contributed by atoms with van der Waals surface area (Å²) in [6, 6.07) is 11.7. The third kappa shape index (κ3) is 3.76. The molecule has 0 aliphatic rings. The first-order valence-corrected chi connectivity index (χ1v) is 7.99. The summed E-state index contributed by atoms with van der Waals surface area (Å²) in [5.74, 6) is 0.869. The molecule has 6 nitrogen and oxygen atoms in total. The van der Waals surface area contributed by atoms with Gasteiger partial charge in [-0.2, -0.15) is 0 Å². The molecule has 2 aromatic carbocycles. The molecule has 0 amide bonds. The van der Waals surface area contributed by atoms with E-state index in [0.717, 1.165) is 0 Å². The largest absolute Gasteiger partial charge is 0.491 e. The van der Waals surface area contributed by atoms with Crippen LogP contribution in [0.4, 0.5) is 0 Å². The normalized spacial score (nSPS) is 11.2. The Hall–Kier alpha value is -2.09. The molecule has 22 heavy (non-hydrogen) atoms. The van der Waals surface area contributed by atoms with E-state index in [1.54, 1.807) is 0 Å². The van der Waals surface area contributed by atoms with Crippen LogP contribution in [0.2, 0.25) is 0 Å². The van der Waals surface area contributed by atoms with Crippen molar-refractivity contribution < 1.29 is 28.1 Å². The third-order valence-electron chi connectivity index (χ3n) is 2.86. The minimum Gasteiger partial charge on any atom is -0.491 e. The van der Waals surface area contributed by atoms with E-state index in [-0.39, 0.29) is 23.0 Å². The first-order valence-electron chi connectivity index (χ1n) is 6.50. The standard InChI is InChI=1S/C15H16O6S/c16-9-10-20-12-1-5-14(6-2-12)22(18,19)15-7-3-13(4-8-15)21-11-17/h1-8,16-17H,9-11H2. The lowest BCUT2D eigenvalue weighted by Gasteiger charge is -2.08. The fraction of sp³-hybridized carbons (Fsp3) is 0.200. The minimum absolute atomic E-state index is 0.109. The monoisotopic (exact) mass is 324 g/mol. The van der Waals surface area contributed by atoms with Crippen molar-refractivity contribution in [2.24, 2.45) is 0 Å². The summed E-state index contributed by atoms with van der Waals surface area (Å²) in [5, 5.41) is 17.3. The predicted molar refractivity (Wildman–Crippen MR) is 78.6 cm³/mol. The molecule has 0 aromatic heterocycles. The highest BCUT2D eigenvalue weighted by atomic mass is 32.2. The molecule has 0 spiro atoms. The Kier molecular flexibility index (Phi) is 5.37. The van der Waals surface area contributed by atoms with E-state index in [4.69, 9.17) is 19.7 Å². The first kappa shape index (κ1) is 16.3. The molecule has 2 N–H and O–H groups in total. The van der Waals surface area contributed by atoms with Crippen LogP contribution < -0.4 is 9.47 Å². The van der Waals surface area contributed by atoms with Gasteiger partial charge >= 0.3 is 0 Å². The molecule has 0 aliphatic heterocycles. The zero-order chi connectivity index (χ0) is 16.0. The molecule has 118 valence electrons. The van der Waals surface area contributed by atoms with Gasteiger partial charge in [0, 0.05) is 0 Å². The summed E-state index contributed by atoms with van der Waals surface area (Å²) in [4.78, 5) is 0.265. The zero-order valence-corrected chi connectivity index (χ0v) is 12.5. The molecule has 0 bridgehead atoms. The van der Waals surface area contributed by atoms with Crippen molar-refractivity contribution in [3.05, 3.63) is 48.5 Å². The smallest absolute Gasteiger partial charge is 0.206 e. The molecule has 7 heteroatoms. The quantitative estimate of drug-likeness (QED) is 0.744. The average molecular weight is 324 g/mol. The molecule has 2 aromatic rings. The average Bonchev–Trinajstić information content (AvgIpc) is 2.54. The van der Waals surface area contributed by atoms with E-state index in [0.29, 0.717) is 11.5 Å². The van der Waals surface area contributed by atoms with Crippen LogP contribution in [-0.2, 0) is 9.84 Å². The van der Waals surface area contributed by atoms with Crippen molar-refractivity contribution in [3.8, 4) is 11.5 Å². The van der Waals surface area contributed by atoms with Crippen LogP contribution in [0.5, 0.6) is 11.5 Å². The van der Waals surface area contributed by atoms with Crippen molar-refractivity contribution >= 4 is 9.84 Å². The van der Waals surface area contributed by atoms with Crippen LogP contribution in [0.3, 0.4) is 0 Å². The van der Waals surface area contributed by atoms with Crippen LogP contribution in [0.25, 0.3) is 0 Å².